The lowest BCUT2D eigenvalue weighted by Gasteiger charge is -2.31. The van der Waals surface area contributed by atoms with E-state index in [-0.39, 0.29) is 5.82 Å². The highest BCUT2D eigenvalue weighted by atomic mass is 19.1. The van der Waals surface area contributed by atoms with Crippen molar-refractivity contribution in [2.75, 3.05) is 0 Å². The summed E-state index contributed by atoms with van der Waals surface area (Å²) in [7, 11) is 0. The minimum Gasteiger partial charge on any atom is -0.206 e. The van der Waals surface area contributed by atoms with E-state index in [1.165, 1.54) is 82.6 Å². The molecule has 33 heavy (non-hydrogen) atoms. The van der Waals surface area contributed by atoms with Crippen molar-refractivity contribution in [2.45, 2.75) is 110 Å². The van der Waals surface area contributed by atoms with Crippen molar-refractivity contribution in [2.24, 2.45) is 17.8 Å². The molecule has 0 amide bonds. The Morgan fingerprint density at radius 1 is 0.848 bits per heavy atom. The van der Waals surface area contributed by atoms with E-state index in [0.29, 0.717) is 5.92 Å². The number of benzene rings is 2. The molecule has 0 unspecified atom stereocenters. The van der Waals surface area contributed by atoms with Crippen LogP contribution in [0.4, 0.5) is 4.39 Å². The molecule has 1 heteroatoms. The molecule has 0 spiro atoms. The molecule has 2 aliphatic carbocycles. The molecular formula is C32H45F. The Labute approximate surface area is 202 Å². The lowest BCUT2D eigenvalue weighted by Crippen LogP contribution is -2.17. The van der Waals surface area contributed by atoms with E-state index < -0.39 is 0 Å². The van der Waals surface area contributed by atoms with Gasteiger partial charge in [0, 0.05) is 5.39 Å². The van der Waals surface area contributed by atoms with Gasteiger partial charge in [-0.3, -0.25) is 0 Å². The average molecular weight is 449 g/mol. The molecule has 0 atom stereocenters. The van der Waals surface area contributed by atoms with Crippen LogP contribution < -0.4 is 0 Å². The fraction of sp³-hybridized carbons (Fsp3) is 0.625. The third kappa shape index (κ3) is 6.49. The predicted octanol–water partition coefficient (Wildman–Crippen LogP) is 10.1. The summed E-state index contributed by atoms with van der Waals surface area (Å²) >= 11 is 0. The summed E-state index contributed by atoms with van der Waals surface area (Å²) in [6, 6.07) is 10.7. The van der Waals surface area contributed by atoms with Gasteiger partial charge in [-0.2, -0.15) is 0 Å². The van der Waals surface area contributed by atoms with Crippen LogP contribution in [-0.2, 0) is 6.42 Å². The van der Waals surface area contributed by atoms with Gasteiger partial charge < -0.3 is 0 Å². The minimum absolute atomic E-state index is 0.0126. The summed E-state index contributed by atoms with van der Waals surface area (Å²) in [5.41, 5.74) is 2.32. The van der Waals surface area contributed by atoms with Crippen molar-refractivity contribution in [3.63, 3.8) is 0 Å². The molecule has 0 aliphatic heterocycles. The fourth-order valence-corrected chi connectivity index (χ4v) is 6.57. The molecule has 0 N–H and O–H groups in total. The Balaban J connectivity index is 1.27. The normalized spacial score (nSPS) is 26.3. The van der Waals surface area contributed by atoms with E-state index in [4.69, 9.17) is 0 Å². The second kappa shape index (κ2) is 12.2. The molecule has 2 fully saturated rings. The molecule has 0 aromatic heterocycles. The number of allylic oxidation sites excluding steroid dienone is 2. The van der Waals surface area contributed by atoms with Gasteiger partial charge >= 0.3 is 0 Å². The van der Waals surface area contributed by atoms with E-state index in [2.05, 4.69) is 50.3 Å². The Bertz CT molecular complexity index is 894. The van der Waals surface area contributed by atoms with Crippen LogP contribution in [-0.4, -0.2) is 0 Å². The van der Waals surface area contributed by atoms with E-state index in [1.54, 1.807) is 0 Å². The Hall–Kier alpha value is -1.63. The van der Waals surface area contributed by atoms with Crippen LogP contribution in [0.2, 0.25) is 0 Å². The van der Waals surface area contributed by atoms with Crippen molar-refractivity contribution in [1.82, 2.24) is 0 Å². The summed E-state index contributed by atoms with van der Waals surface area (Å²) in [6.07, 6.45) is 22.9. The van der Waals surface area contributed by atoms with Gasteiger partial charge in [0.2, 0.25) is 0 Å². The highest BCUT2D eigenvalue weighted by molar-refractivity contribution is 5.84. The van der Waals surface area contributed by atoms with Gasteiger partial charge in [0.05, 0.1) is 0 Å². The third-order valence-corrected chi connectivity index (χ3v) is 8.77. The number of rotatable bonds is 9. The lowest BCUT2D eigenvalue weighted by molar-refractivity contribution is 0.246. The molecule has 2 aromatic carbocycles. The molecule has 2 saturated carbocycles. The molecule has 4 rings (SSSR count). The number of halogens is 1. The molecule has 180 valence electrons. The lowest BCUT2D eigenvalue weighted by atomic mass is 9.74. The molecule has 2 aromatic rings. The van der Waals surface area contributed by atoms with Crippen molar-refractivity contribution in [1.29, 1.82) is 0 Å². The van der Waals surface area contributed by atoms with Gasteiger partial charge in [-0.15, -0.1) is 0 Å². The van der Waals surface area contributed by atoms with Crippen molar-refractivity contribution < 1.29 is 4.39 Å². The zero-order valence-corrected chi connectivity index (χ0v) is 21.1. The smallest absolute Gasteiger partial charge is 0.134 e. The Morgan fingerprint density at radius 3 is 2.21 bits per heavy atom. The largest absolute Gasteiger partial charge is 0.206 e. The molecule has 0 heterocycles. The zero-order valence-electron chi connectivity index (χ0n) is 21.1. The number of fused-ring (bicyclic) bond motifs is 1. The maximum Gasteiger partial charge on any atom is 0.134 e. The van der Waals surface area contributed by atoms with Gasteiger partial charge in [0.15, 0.2) is 0 Å². The maximum absolute atomic E-state index is 15.0. The highest BCUT2D eigenvalue weighted by Gasteiger charge is 2.25. The van der Waals surface area contributed by atoms with Crippen LogP contribution in [0.1, 0.15) is 114 Å². The van der Waals surface area contributed by atoms with Crippen molar-refractivity contribution in [3.8, 4) is 0 Å². The third-order valence-electron chi connectivity index (χ3n) is 8.77. The standard InChI is InChI=1S/C32H45F/c1-3-5-6-8-28-19-20-30-23-29(21-22-31(30)32(28)33)27-17-15-26(16-18-27)14-13-25-11-9-24(7-4-2)10-12-25/h4,7,19-27H,3,5-6,8-18H2,1-2H3/b7-4+. The first-order valence-corrected chi connectivity index (χ1v) is 14.0. The molecular weight excluding hydrogens is 403 g/mol. The predicted molar refractivity (Wildman–Crippen MR) is 141 cm³/mol. The van der Waals surface area contributed by atoms with E-state index >= 15 is 4.39 Å². The first kappa shape index (κ1) is 24.5. The quantitative estimate of drug-likeness (QED) is 0.264. The molecule has 2 aliphatic rings. The Morgan fingerprint density at radius 2 is 1.55 bits per heavy atom. The summed E-state index contributed by atoms with van der Waals surface area (Å²) in [4.78, 5) is 0. The number of aryl methyl sites for hydroxylation is 1. The van der Waals surface area contributed by atoms with Crippen LogP contribution in [0.3, 0.4) is 0 Å². The van der Waals surface area contributed by atoms with Gasteiger partial charge in [0.1, 0.15) is 5.82 Å². The first-order valence-electron chi connectivity index (χ1n) is 14.0. The van der Waals surface area contributed by atoms with Gasteiger partial charge in [-0.1, -0.05) is 75.1 Å². The summed E-state index contributed by atoms with van der Waals surface area (Å²) < 4.78 is 15.0. The topological polar surface area (TPSA) is 0 Å². The summed E-state index contributed by atoms with van der Waals surface area (Å²) in [6.45, 7) is 4.35. The number of hydrogen-bond acceptors (Lipinski definition) is 0. The van der Waals surface area contributed by atoms with Crippen LogP contribution in [0.5, 0.6) is 0 Å². The number of unbranched alkanes of at least 4 members (excludes halogenated alkanes) is 2. The molecule has 0 radical (unpaired) electrons. The van der Waals surface area contributed by atoms with Gasteiger partial charge in [-0.25, -0.2) is 4.39 Å². The van der Waals surface area contributed by atoms with Crippen molar-refractivity contribution in [3.05, 3.63) is 59.4 Å². The minimum atomic E-state index is 0.0126. The average Bonchev–Trinajstić information content (AvgIpc) is 2.85. The fourth-order valence-electron chi connectivity index (χ4n) is 6.57. The monoisotopic (exact) mass is 448 g/mol. The van der Waals surface area contributed by atoms with E-state index in [9.17, 15) is 0 Å². The highest BCUT2D eigenvalue weighted by Crippen LogP contribution is 2.40. The van der Waals surface area contributed by atoms with Crippen LogP contribution in [0.15, 0.2) is 42.5 Å². The van der Waals surface area contributed by atoms with Crippen LogP contribution >= 0.6 is 0 Å². The summed E-state index contributed by atoms with van der Waals surface area (Å²) in [5, 5.41) is 1.89. The summed E-state index contributed by atoms with van der Waals surface area (Å²) in [5.74, 6) is 3.43. The van der Waals surface area contributed by atoms with Crippen molar-refractivity contribution >= 4 is 10.8 Å². The first-order chi connectivity index (χ1) is 16.2. The second-order valence-electron chi connectivity index (χ2n) is 11.1. The van der Waals surface area contributed by atoms with Gasteiger partial charge in [-0.05, 0) is 111 Å². The second-order valence-corrected chi connectivity index (χ2v) is 11.1. The zero-order chi connectivity index (χ0) is 23.0. The van der Waals surface area contributed by atoms with E-state index in [1.807, 2.05) is 6.07 Å². The van der Waals surface area contributed by atoms with E-state index in [0.717, 1.165) is 46.9 Å². The number of hydrogen-bond donors (Lipinski definition) is 0. The molecule has 0 bridgehead atoms. The Kier molecular flexibility index (Phi) is 9.04. The molecule has 0 nitrogen and oxygen atoms in total. The maximum atomic E-state index is 15.0. The van der Waals surface area contributed by atoms with Crippen LogP contribution in [0.25, 0.3) is 10.8 Å². The van der Waals surface area contributed by atoms with Gasteiger partial charge in [0.25, 0.3) is 0 Å². The molecule has 0 saturated heterocycles. The van der Waals surface area contributed by atoms with Crippen LogP contribution in [0, 0.1) is 23.6 Å². The SMILES string of the molecule is C/C=C/C1CCC(CCC2CCC(c3ccc4c(F)c(CCCCC)ccc4c3)CC2)CC1.